The third-order valence-electron chi connectivity index (χ3n) is 4.12. The van der Waals surface area contributed by atoms with Gasteiger partial charge in [-0.2, -0.15) is 0 Å². The fourth-order valence-corrected chi connectivity index (χ4v) is 3.61. The summed E-state index contributed by atoms with van der Waals surface area (Å²) in [6.07, 6.45) is 7.07. The van der Waals surface area contributed by atoms with Gasteiger partial charge in [0.05, 0.1) is 5.02 Å². The van der Waals surface area contributed by atoms with Crippen LogP contribution in [0.3, 0.4) is 0 Å². The van der Waals surface area contributed by atoms with Crippen LogP contribution in [0.25, 0.3) is 0 Å². The van der Waals surface area contributed by atoms with Gasteiger partial charge in [-0.05, 0) is 38.1 Å². The minimum absolute atomic E-state index is 0.130. The summed E-state index contributed by atoms with van der Waals surface area (Å²) in [4.78, 5) is 14.6. The molecule has 0 atom stereocenters. The van der Waals surface area contributed by atoms with Crippen molar-refractivity contribution in [2.24, 2.45) is 0 Å². The summed E-state index contributed by atoms with van der Waals surface area (Å²) in [5.74, 6) is 0.130. The quantitative estimate of drug-likeness (QED) is 0.695. The van der Waals surface area contributed by atoms with Crippen LogP contribution >= 0.6 is 27.5 Å². The summed E-state index contributed by atoms with van der Waals surface area (Å²) in [5, 5.41) is 0.532. The zero-order chi connectivity index (χ0) is 14.5. The maximum absolute atomic E-state index is 12.2. The fourth-order valence-electron chi connectivity index (χ4n) is 2.83. The van der Waals surface area contributed by atoms with Crippen LogP contribution in [0.2, 0.25) is 5.02 Å². The Bertz CT molecular complexity index is 472. The lowest BCUT2D eigenvalue weighted by atomic mass is 9.94. The minimum Gasteiger partial charge on any atom is -0.303 e. The summed E-state index contributed by atoms with van der Waals surface area (Å²) in [6.45, 7) is 0.815. The fraction of sp³-hybridized carbons (Fsp3) is 0.562. The molecule has 0 radical (unpaired) electrons. The Labute approximate surface area is 134 Å². The first-order valence-corrected chi connectivity index (χ1v) is 8.43. The van der Waals surface area contributed by atoms with Crippen LogP contribution in [-0.4, -0.2) is 30.3 Å². The molecule has 2 nitrogen and oxygen atoms in total. The number of ketones is 1. The zero-order valence-corrected chi connectivity index (χ0v) is 14.2. The third kappa shape index (κ3) is 4.31. The molecule has 0 heterocycles. The summed E-state index contributed by atoms with van der Waals surface area (Å²) >= 11 is 9.48. The highest BCUT2D eigenvalue weighted by Crippen LogP contribution is 2.24. The highest BCUT2D eigenvalue weighted by atomic mass is 79.9. The predicted molar refractivity (Wildman–Crippen MR) is 87.6 cm³/mol. The molecule has 0 spiro atoms. The van der Waals surface area contributed by atoms with E-state index in [4.69, 9.17) is 11.6 Å². The standard InChI is InChI=1S/C16H21BrClNO/c1-19(13-5-3-2-4-6-13)10-9-16(20)14-8-7-12(17)11-15(14)18/h7-8,11,13H,2-6,9-10H2,1H3. The van der Waals surface area contributed by atoms with Gasteiger partial charge >= 0.3 is 0 Å². The highest BCUT2D eigenvalue weighted by Gasteiger charge is 2.19. The Hall–Kier alpha value is -0.380. The first-order valence-electron chi connectivity index (χ1n) is 7.26. The number of benzene rings is 1. The van der Waals surface area contributed by atoms with Gasteiger partial charge in [-0.1, -0.05) is 46.8 Å². The molecule has 1 saturated carbocycles. The number of nitrogens with zero attached hydrogens (tertiary/aromatic N) is 1. The van der Waals surface area contributed by atoms with Gasteiger partial charge in [0.25, 0.3) is 0 Å². The molecule has 1 aliphatic rings. The second kappa shape index (κ2) is 7.58. The van der Waals surface area contributed by atoms with E-state index in [9.17, 15) is 4.79 Å². The van der Waals surface area contributed by atoms with Crippen molar-refractivity contribution < 1.29 is 4.79 Å². The monoisotopic (exact) mass is 357 g/mol. The highest BCUT2D eigenvalue weighted by molar-refractivity contribution is 9.10. The second-order valence-electron chi connectivity index (χ2n) is 5.57. The van der Waals surface area contributed by atoms with Gasteiger partial charge in [-0.25, -0.2) is 0 Å². The van der Waals surface area contributed by atoms with E-state index in [1.54, 1.807) is 12.1 Å². The van der Waals surface area contributed by atoms with E-state index in [1.165, 1.54) is 32.1 Å². The normalized spacial score (nSPS) is 16.6. The SMILES string of the molecule is CN(CCC(=O)c1ccc(Br)cc1Cl)C1CCCCC1. The molecule has 110 valence electrons. The van der Waals surface area contributed by atoms with Gasteiger partial charge in [-0.15, -0.1) is 0 Å². The molecule has 0 amide bonds. The third-order valence-corrected chi connectivity index (χ3v) is 4.93. The Morgan fingerprint density at radius 2 is 2.05 bits per heavy atom. The van der Waals surface area contributed by atoms with E-state index < -0.39 is 0 Å². The Kier molecular flexibility index (Phi) is 6.06. The maximum Gasteiger partial charge on any atom is 0.165 e. The van der Waals surface area contributed by atoms with Crippen molar-refractivity contribution in [3.05, 3.63) is 33.3 Å². The smallest absolute Gasteiger partial charge is 0.165 e. The Morgan fingerprint density at radius 3 is 2.70 bits per heavy atom. The largest absolute Gasteiger partial charge is 0.303 e. The molecule has 1 aromatic rings. The average Bonchev–Trinajstić information content (AvgIpc) is 2.45. The van der Waals surface area contributed by atoms with E-state index in [-0.39, 0.29) is 5.78 Å². The van der Waals surface area contributed by atoms with E-state index in [0.717, 1.165) is 11.0 Å². The van der Waals surface area contributed by atoms with Gasteiger partial charge in [0, 0.05) is 29.0 Å². The Morgan fingerprint density at radius 1 is 1.35 bits per heavy atom. The van der Waals surface area contributed by atoms with Crippen LogP contribution in [0, 0.1) is 0 Å². The lowest BCUT2D eigenvalue weighted by molar-refractivity contribution is 0.0952. The van der Waals surface area contributed by atoms with Crippen molar-refractivity contribution in [3.63, 3.8) is 0 Å². The van der Waals surface area contributed by atoms with Crippen molar-refractivity contribution in [1.29, 1.82) is 0 Å². The molecule has 2 rings (SSSR count). The first kappa shape index (κ1) is 16.0. The number of rotatable bonds is 5. The van der Waals surface area contributed by atoms with Crippen molar-refractivity contribution in [2.45, 2.75) is 44.6 Å². The van der Waals surface area contributed by atoms with Gasteiger partial charge in [0.1, 0.15) is 0 Å². The maximum atomic E-state index is 12.2. The van der Waals surface area contributed by atoms with E-state index in [2.05, 4.69) is 27.9 Å². The molecule has 0 unspecified atom stereocenters. The lowest BCUT2D eigenvalue weighted by Crippen LogP contribution is -2.34. The van der Waals surface area contributed by atoms with E-state index in [1.807, 2.05) is 6.07 Å². The van der Waals surface area contributed by atoms with Crippen LogP contribution in [-0.2, 0) is 0 Å². The zero-order valence-electron chi connectivity index (χ0n) is 11.9. The molecule has 0 bridgehead atoms. The topological polar surface area (TPSA) is 20.3 Å². The molecular formula is C16H21BrClNO. The van der Waals surface area contributed by atoms with Crippen LogP contribution in [0.1, 0.15) is 48.9 Å². The average molecular weight is 359 g/mol. The van der Waals surface area contributed by atoms with E-state index >= 15 is 0 Å². The molecule has 20 heavy (non-hydrogen) atoms. The van der Waals surface area contributed by atoms with E-state index in [0.29, 0.717) is 23.0 Å². The number of hydrogen-bond donors (Lipinski definition) is 0. The molecule has 0 saturated heterocycles. The minimum atomic E-state index is 0.130. The van der Waals surface area contributed by atoms with Gasteiger partial charge in [-0.3, -0.25) is 4.79 Å². The summed E-state index contributed by atoms with van der Waals surface area (Å²) in [5.41, 5.74) is 0.631. The van der Waals surface area contributed by atoms with Crippen LogP contribution in [0.15, 0.2) is 22.7 Å². The molecule has 1 aliphatic carbocycles. The number of Topliss-reactive ketones (excluding diaryl/α,β-unsaturated/α-hetero) is 1. The first-order chi connectivity index (χ1) is 9.58. The second-order valence-corrected chi connectivity index (χ2v) is 6.89. The number of carbonyl (C=O) groups excluding carboxylic acids is 1. The van der Waals surface area contributed by atoms with Gasteiger partial charge < -0.3 is 4.90 Å². The van der Waals surface area contributed by atoms with Crippen LogP contribution in [0.5, 0.6) is 0 Å². The molecule has 0 N–H and O–H groups in total. The summed E-state index contributed by atoms with van der Waals surface area (Å²) in [6, 6.07) is 6.09. The summed E-state index contributed by atoms with van der Waals surface area (Å²) < 4.78 is 0.901. The Balaban J connectivity index is 1.88. The molecule has 4 heteroatoms. The van der Waals surface area contributed by atoms with Crippen molar-refractivity contribution >= 4 is 33.3 Å². The molecule has 1 fully saturated rings. The van der Waals surface area contributed by atoms with Crippen LogP contribution in [0.4, 0.5) is 0 Å². The predicted octanol–water partition coefficient (Wildman–Crippen LogP) is 4.94. The van der Waals surface area contributed by atoms with Crippen molar-refractivity contribution in [3.8, 4) is 0 Å². The number of hydrogen-bond acceptors (Lipinski definition) is 2. The summed E-state index contributed by atoms with van der Waals surface area (Å²) in [7, 11) is 2.13. The number of halogens is 2. The van der Waals surface area contributed by atoms with Gasteiger partial charge in [0.2, 0.25) is 0 Å². The lowest BCUT2D eigenvalue weighted by Gasteiger charge is -2.30. The number of carbonyl (C=O) groups is 1. The van der Waals surface area contributed by atoms with Crippen molar-refractivity contribution in [1.82, 2.24) is 4.90 Å². The molecule has 0 aromatic heterocycles. The van der Waals surface area contributed by atoms with Gasteiger partial charge in [0.15, 0.2) is 5.78 Å². The van der Waals surface area contributed by atoms with Crippen LogP contribution < -0.4 is 0 Å². The molecular weight excluding hydrogens is 338 g/mol. The molecule has 1 aromatic carbocycles. The van der Waals surface area contributed by atoms with Crippen molar-refractivity contribution in [2.75, 3.05) is 13.6 Å². The molecule has 0 aliphatic heterocycles.